The average molecular weight is 385 g/mol. The Morgan fingerprint density at radius 1 is 1.19 bits per heavy atom. The number of carbonyl (C=O) groups excluding carboxylic acids is 2. The van der Waals surface area contributed by atoms with Gasteiger partial charge in [0.25, 0.3) is 0 Å². The lowest BCUT2D eigenvalue weighted by Gasteiger charge is -2.23. The summed E-state index contributed by atoms with van der Waals surface area (Å²) in [6.07, 6.45) is 3.48. The SMILES string of the molecule is COc1cccc(-c2ccc(NC(=O)[C@@H]3CCCN3C(=O)CSC)cc2)c1. The van der Waals surface area contributed by atoms with Crippen molar-refractivity contribution in [2.45, 2.75) is 18.9 Å². The van der Waals surface area contributed by atoms with E-state index in [-0.39, 0.29) is 17.9 Å². The average Bonchev–Trinajstić information content (AvgIpc) is 3.19. The van der Waals surface area contributed by atoms with Crippen molar-refractivity contribution in [3.8, 4) is 16.9 Å². The Morgan fingerprint density at radius 2 is 1.96 bits per heavy atom. The first-order chi connectivity index (χ1) is 13.1. The van der Waals surface area contributed by atoms with Crippen LogP contribution in [0.3, 0.4) is 0 Å². The maximum Gasteiger partial charge on any atom is 0.247 e. The molecule has 0 aliphatic carbocycles. The zero-order valence-corrected chi connectivity index (χ0v) is 16.4. The topological polar surface area (TPSA) is 58.6 Å². The molecule has 0 bridgehead atoms. The van der Waals surface area contributed by atoms with Gasteiger partial charge < -0.3 is 15.0 Å². The summed E-state index contributed by atoms with van der Waals surface area (Å²) in [5.74, 6) is 1.14. The van der Waals surface area contributed by atoms with E-state index in [0.717, 1.165) is 29.0 Å². The number of ether oxygens (including phenoxy) is 1. The Bertz CT molecular complexity index is 807. The van der Waals surface area contributed by atoms with Gasteiger partial charge in [-0.2, -0.15) is 11.8 Å². The second-order valence-corrected chi connectivity index (χ2v) is 7.34. The van der Waals surface area contributed by atoms with E-state index in [9.17, 15) is 9.59 Å². The van der Waals surface area contributed by atoms with Crippen LogP contribution >= 0.6 is 11.8 Å². The summed E-state index contributed by atoms with van der Waals surface area (Å²) in [5, 5.41) is 2.95. The second kappa shape index (κ2) is 8.95. The molecular weight excluding hydrogens is 360 g/mol. The summed E-state index contributed by atoms with van der Waals surface area (Å²) >= 11 is 1.48. The summed E-state index contributed by atoms with van der Waals surface area (Å²) < 4.78 is 5.27. The number of rotatable bonds is 6. The summed E-state index contributed by atoms with van der Waals surface area (Å²) in [7, 11) is 1.65. The minimum absolute atomic E-state index is 0.0357. The zero-order chi connectivity index (χ0) is 19.2. The monoisotopic (exact) mass is 384 g/mol. The third kappa shape index (κ3) is 4.63. The fourth-order valence-corrected chi connectivity index (χ4v) is 3.73. The molecule has 0 radical (unpaired) electrons. The van der Waals surface area contributed by atoms with Gasteiger partial charge in [-0.15, -0.1) is 0 Å². The maximum absolute atomic E-state index is 12.6. The highest BCUT2D eigenvalue weighted by Crippen LogP contribution is 2.26. The van der Waals surface area contributed by atoms with Crippen LogP contribution in [0.15, 0.2) is 48.5 Å². The molecule has 2 amide bonds. The van der Waals surface area contributed by atoms with Crippen molar-refractivity contribution in [3.05, 3.63) is 48.5 Å². The number of amides is 2. The van der Waals surface area contributed by atoms with Gasteiger partial charge in [0.15, 0.2) is 0 Å². The Morgan fingerprint density at radius 3 is 2.67 bits per heavy atom. The second-order valence-electron chi connectivity index (χ2n) is 6.48. The van der Waals surface area contributed by atoms with E-state index in [2.05, 4.69) is 5.32 Å². The third-order valence-corrected chi connectivity index (χ3v) is 5.23. The number of thioether (sulfide) groups is 1. The van der Waals surface area contributed by atoms with Crippen LogP contribution in [-0.2, 0) is 9.59 Å². The number of benzene rings is 2. The quantitative estimate of drug-likeness (QED) is 0.826. The number of nitrogens with one attached hydrogen (secondary N) is 1. The molecule has 1 fully saturated rings. The highest BCUT2D eigenvalue weighted by Gasteiger charge is 2.33. The van der Waals surface area contributed by atoms with E-state index in [4.69, 9.17) is 4.74 Å². The number of hydrogen-bond donors (Lipinski definition) is 1. The van der Waals surface area contributed by atoms with Crippen LogP contribution in [0.25, 0.3) is 11.1 Å². The molecule has 6 heteroatoms. The van der Waals surface area contributed by atoms with Crippen LogP contribution in [0.2, 0.25) is 0 Å². The van der Waals surface area contributed by atoms with Gasteiger partial charge in [0.1, 0.15) is 11.8 Å². The number of hydrogen-bond acceptors (Lipinski definition) is 4. The lowest BCUT2D eigenvalue weighted by molar-refractivity contribution is -0.134. The van der Waals surface area contributed by atoms with Crippen LogP contribution in [0.1, 0.15) is 12.8 Å². The molecule has 2 aromatic carbocycles. The normalized spacial score (nSPS) is 16.2. The standard InChI is InChI=1S/C21H24N2O3S/c1-26-18-6-3-5-16(13-18)15-8-10-17(11-9-15)22-21(25)19-7-4-12-23(19)20(24)14-27-2/h3,5-6,8-11,13,19H,4,7,12,14H2,1-2H3,(H,22,25)/t19-/m0/s1. The van der Waals surface area contributed by atoms with Gasteiger partial charge in [0.2, 0.25) is 11.8 Å². The van der Waals surface area contributed by atoms with E-state index in [1.54, 1.807) is 12.0 Å². The maximum atomic E-state index is 12.6. The highest BCUT2D eigenvalue weighted by molar-refractivity contribution is 7.99. The van der Waals surface area contributed by atoms with E-state index < -0.39 is 0 Å². The molecule has 27 heavy (non-hydrogen) atoms. The Labute approximate surface area is 164 Å². The molecule has 3 rings (SSSR count). The zero-order valence-electron chi connectivity index (χ0n) is 15.6. The molecule has 0 spiro atoms. The van der Waals surface area contributed by atoms with E-state index in [1.165, 1.54) is 11.8 Å². The van der Waals surface area contributed by atoms with Crippen LogP contribution in [0.4, 0.5) is 5.69 Å². The van der Waals surface area contributed by atoms with Gasteiger partial charge in [0.05, 0.1) is 12.9 Å². The molecule has 1 heterocycles. The lowest BCUT2D eigenvalue weighted by atomic mass is 10.1. The van der Waals surface area contributed by atoms with Crippen molar-refractivity contribution in [3.63, 3.8) is 0 Å². The largest absolute Gasteiger partial charge is 0.497 e. The van der Waals surface area contributed by atoms with Crippen molar-refractivity contribution in [2.24, 2.45) is 0 Å². The minimum atomic E-state index is -0.372. The van der Waals surface area contributed by atoms with Crippen LogP contribution in [0.5, 0.6) is 5.75 Å². The van der Waals surface area contributed by atoms with Crippen molar-refractivity contribution in [1.82, 2.24) is 4.90 Å². The predicted molar refractivity (Wildman–Crippen MR) is 110 cm³/mol. The third-order valence-electron chi connectivity index (χ3n) is 4.70. The molecule has 1 atom stereocenters. The number of carbonyl (C=O) groups is 2. The first kappa shape index (κ1) is 19.3. The van der Waals surface area contributed by atoms with Crippen LogP contribution < -0.4 is 10.1 Å². The molecule has 2 aromatic rings. The van der Waals surface area contributed by atoms with Gasteiger partial charge >= 0.3 is 0 Å². The van der Waals surface area contributed by atoms with Gasteiger partial charge in [-0.1, -0.05) is 24.3 Å². The molecule has 0 unspecified atom stereocenters. The van der Waals surface area contributed by atoms with Gasteiger partial charge in [-0.25, -0.2) is 0 Å². The first-order valence-electron chi connectivity index (χ1n) is 8.96. The van der Waals surface area contributed by atoms with Gasteiger partial charge in [0, 0.05) is 12.2 Å². The molecule has 0 saturated carbocycles. The Hall–Kier alpha value is -2.47. The summed E-state index contributed by atoms with van der Waals surface area (Å²) in [6.45, 7) is 0.659. The van der Waals surface area contributed by atoms with Crippen LogP contribution in [-0.4, -0.2) is 48.4 Å². The molecule has 1 N–H and O–H groups in total. The number of methoxy groups -OCH3 is 1. The molecule has 0 aromatic heterocycles. The molecule has 1 aliphatic heterocycles. The molecule has 5 nitrogen and oxygen atoms in total. The number of anilines is 1. The molecule has 1 aliphatic rings. The molecule has 142 valence electrons. The summed E-state index contributed by atoms with van der Waals surface area (Å²) in [5.41, 5.74) is 2.83. The highest BCUT2D eigenvalue weighted by atomic mass is 32.2. The lowest BCUT2D eigenvalue weighted by Crippen LogP contribution is -2.43. The van der Waals surface area contributed by atoms with Crippen molar-refractivity contribution in [2.75, 3.05) is 31.0 Å². The van der Waals surface area contributed by atoms with E-state index in [0.29, 0.717) is 18.7 Å². The number of nitrogens with zero attached hydrogens (tertiary/aromatic N) is 1. The van der Waals surface area contributed by atoms with Crippen molar-refractivity contribution in [1.29, 1.82) is 0 Å². The fraction of sp³-hybridized carbons (Fsp3) is 0.333. The Kier molecular flexibility index (Phi) is 6.40. The first-order valence-corrected chi connectivity index (χ1v) is 10.4. The molecular formula is C21H24N2O3S. The smallest absolute Gasteiger partial charge is 0.247 e. The van der Waals surface area contributed by atoms with Crippen LogP contribution in [0, 0.1) is 0 Å². The van der Waals surface area contributed by atoms with Crippen molar-refractivity contribution < 1.29 is 14.3 Å². The predicted octanol–water partition coefficient (Wildman–Crippen LogP) is 3.65. The minimum Gasteiger partial charge on any atom is -0.497 e. The number of likely N-dealkylation sites (tertiary alicyclic amines) is 1. The van der Waals surface area contributed by atoms with E-state index in [1.807, 2.05) is 54.8 Å². The Balaban J connectivity index is 1.67. The summed E-state index contributed by atoms with van der Waals surface area (Å²) in [6, 6.07) is 15.2. The van der Waals surface area contributed by atoms with Gasteiger partial charge in [-0.05, 0) is 54.5 Å². The van der Waals surface area contributed by atoms with Crippen molar-refractivity contribution >= 4 is 29.3 Å². The van der Waals surface area contributed by atoms with Gasteiger partial charge in [-0.3, -0.25) is 9.59 Å². The fourth-order valence-electron chi connectivity index (χ4n) is 3.32. The summed E-state index contributed by atoms with van der Waals surface area (Å²) in [4.78, 5) is 26.5. The molecule has 1 saturated heterocycles. The van der Waals surface area contributed by atoms with E-state index >= 15 is 0 Å².